The van der Waals surface area contributed by atoms with Crippen LogP contribution in [0, 0.1) is 11.3 Å². The second-order valence-electron chi connectivity index (χ2n) is 4.54. The molecule has 0 aromatic heterocycles. The van der Waals surface area contributed by atoms with Gasteiger partial charge in [-0.05, 0) is 29.2 Å². The molecule has 1 heterocycles. The summed E-state index contributed by atoms with van der Waals surface area (Å²) in [6, 6.07) is 7.73. The van der Waals surface area contributed by atoms with Crippen LogP contribution in [0.25, 0.3) is 0 Å². The predicted molar refractivity (Wildman–Crippen MR) is 84.6 cm³/mol. The second-order valence-corrected chi connectivity index (χ2v) is 4.54. The summed E-state index contributed by atoms with van der Waals surface area (Å²) in [4.78, 5) is 4.02. The Bertz CT molecular complexity index is 671. The quantitative estimate of drug-likeness (QED) is 0.280. The first kappa shape index (κ1) is 14.8. The summed E-state index contributed by atoms with van der Waals surface area (Å²) in [5.74, 6) is 1.01. The average molecular weight is 278 g/mol. The molecule has 1 aromatic rings. The van der Waals surface area contributed by atoms with E-state index >= 15 is 0 Å². The van der Waals surface area contributed by atoms with E-state index in [0.717, 1.165) is 5.56 Å². The van der Waals surface area contributed by atoms with Gasteiger partial charge in [0, 0.05) is 17.8 Å². The van der Waals surface area contributed by atoms with Gasteiger partial charge in [0.25, 0.3) is 0 Å². The number of nitrogens with zero attached hydrogens (tertiary/aromatic N) is 2. The molecule has 0 bridgehead atoms. The van der Waals surface area contributed by atoms with Gasteiger partial charge in [-0.15, -0.1) is 0 Å². The van der Waals surface area contributed by atoms with Crippen molar-refractivity contribution in [2.24, 2.45) is 4.99 Å². The highest BCUT2D eigenvalue weighted by molar-refractivity contribution is 6.67. The summed E-state index contributed by atoms with van der Waals surface area (Å²) in [7, 11) is 0. The predicted octanol–water partition coefficient (Wildman–Crippen LogP) is 2.60. The first-order valence-corrected chi connectivity index (χ1v) is 6.52. The Kier molecular flexibility index (Phi) is 4.75. The minimum atomic E-state index is 0.120. The molecule has 104 valence electrons. The highest BCUT2D eigenvalue weighted by atomic mass is 16.5. The van der Waals surface area contributed by atoms with Crippen LogP contribution in [0.3, 0.4) is 0 Å². The first-order valence-electron chi connectivity index (χ1n) is 6.52. The van der Waals surface area contributed by atoms with Gasteiger partial charge >= 0.3 is 6.92 Å². The van der Waals surface area contributed by atoms with E-state index in [4.69, 9.17) is 14.7 Å². The Morgan fingerprint density at radius 3 is 3.05 bits per heavy atom. The molecule has 1 aliphatic rings. The average Bonchev–Trinajstić information content (AvgIpc) is 2.85. The molecule has 5 heteroatoms. The molecule has 0 saturated heterocycles. The van der Waals surface area contributed by atoms with Crippen molar-refractivity contribution in [2.75, 3.05) is 0 Å². The maximum absolute atomic E-state index is 8.68. The fraction of sp³-hybridized carbons (Fsp3) is 0.125. The molecule has 0 spiro atoms. The fourth-order valence-electron chi connectivity index (χ4n) is 2.00. The molecular formula is C16H15BN2O2. The number of ether oxygens (including phenoxy) is 1. The van der Waals surface area contributed by atoms with Gasteiger partial charge in [-0.1, -0.05) is 26.0 Å². The number of hydrogen-bond donors (Lipinski definition) is 0. The largest absolute Gasteiger partial charge is 0.439 e. The van der Waals surface area contributed by atoms with Gasteiger partial charge in [0.2, 0.25) is 5.90 Å². The van der Waals surface area contributed by atoms with Crippen molar-refractivity contribution in [3.8, 4) is 11.8 Å². The van der Waals surface area contributed by atoms with Gasteiger partial charge in [0.05, 0.1) is 12.7 Å². The lowest BCUT2D eigenvalue weighted by Gasteiger charge is -2.07. The molecule has 4 nitrogen and oxygen atoms in total. The lowest BCUT2D eigenvalue weighted by molar-refractivity contribution is 0.333. The standard InChI is InChI=1S/C16H15BN2O2/c1-4-19-16(8-5-12(2)10-18)21-14-6-7-15-13(9-14)11-20-17(15)3/h4-9H,1-2,11H2,3H3/b8-5-,19-16?. The van der Waals surface area contributed by atoms with Crippen molar-refractivity contribution in [1.82, 2.24) is 0 Å². The van der Waals surface area contributed by atoms with E-state index in [0.29, 0.717) is 23.8 Å². The van der Waals surface area contributed by atoms with Gasteiger partial charge in [-0.25, -0.2) is 4.99 Å². The Morgan fingerprint density at radius 2 is 2.33 bits per heavy atom. The van der Waals surface area contributed by atoms with Crippen LogP contribution < -0.4 is 10.2 Å². The number of benzene rings is 1. The highest BCUT2D eigenvalue weighted by Crippen LogP contribution is 2.18. The van der Waals surface area contributed by atoms with Gasteiger partial charge in [0.1, 0.15) is 5.75 Å². The van der Waals surface area contributed by atoms with Crippen LogP contribution in [0.1, 0.15) is 5.56 Å². The minimum absolute atomic E-state index is 0.120. The zero-order chi connectivity index (χ0) is 15.2. The van der Waals surface area contributed by atoms with E-state index in [2.05, 4.69) is 18.2 Å². The summed E-state index contributed by atoms with van der Waals surface area (Å²) in [6.45, 7) is 9.84. The smallest absolute Gasteiger partial charge is 0.324 e. The Hall–Kier alpha value is -2.58. The van der Waals surface area contributed by atoms with E-state index in [1.807, 2.05) is 31.1 Å². The van der Waals surface area contributed by atoms with E-state index in [9.17, 15) is 0 Å². The third kappa shape index (κ3) is 3.71. The van der Waals surface area contributed by atoms with Crippen LogP contribution in [0.5, 0.6) is 5.75 Å². The molecule has 0 N–H and O–H groups in total. The molecule has 1 aliphatic heterocycles. The number of nitriles is 1. The Labute approximate surface area is 124 Å². The van der Waals surface area contributed by atoms with Crippen LogP contribution in [0.15, 0.2) is 60.3 Å². The first-order chi connectivity index (χ1) is 10.1. The maximum Gasteiger partial charge on any atom is 0.324 e. The van der Waals surface area contributed by atoms with Gasteiger partial charge < -0.3 is 9.39 Å². The van der Waals surface area contributed by atoms with E-state index in [1.54, 1.807) is 12.2 Å². The Morgan fingerprint density at radius 1 is 1.52 bits per heavy atom. The zero-order valence-electron chi connectivity index (χ0n) is 11.9. The summed E-state index contributed by atoms with van der Waals surface area (Å²) >= 11 is 0. The molecular weight excluding hydrogens is 263 g/mol. The van der Waals surface area contributed by atoms with Crippen LogP contribution >= 0.6 is 0 Å². The third-order valence-corrected chi connectivity index (χ3v) is 3.05. The Balaban J connectivity index is 2.17. The summed E-state index contributed by atoms with van der Waals surface area (Å²) in [6.07, 6.45) is 4.51. The second kappa shape index (κ2) is 6.73. The third-order valence-electron chi connectivity index (χ3n) is 3.05. The van der Waals surface area contributed by atoms with Crippen LogP contribution in [-0.4, -0.2) is 12.8 Å². The minimum Gasteiger partial charge on any atom is -0.439 e. The lowest BCUT2D eigenvalue weighted by Crippen LogP contribution is -2.23. The van der Waals surface area contributed by atoms with Crippen LogP contribution in [-0.2, 0) is 11.3 Å². The van der Waals surface area contributed by atoms with Gasteiger partial charge in [-0.3, -0.25) is 0 Å². The van der Waals surface area contributed by atoms with Crippen LogP contribution in [0.4, 0.5) is 0 Å². The zero-order valence-corrected chi connectivity index (χ0v) is 11.9. The molecule has 21 heavy (non-hydrogen) atoms. The van der Waals surface area contributed by atoms with E-state index < -0.39 is 0 Å². The molecule has 0 fully saturated rings. The van der Waals surface area contributed by atoms with Gasteiger partial charge in [0.15, 0.2) is 0 Å². The number of fused-ring (bicyclic) bond motifs is 1. The van der Waals surface area contributed by atoms with Crippen molar-refractivity contribution in [3.05, 3.63) is 60.8 Å². The summed E-state index contributed by atoms with van der Waals surface area (Å²) in [5.41, 5.74) is 2.62. The fourth-order valence-corrected chi connectivity index (χ4v) is 2.00. The lowest BCUT2D eigenvalue weighted by atomic mass is 9.64. The van der Waals surface area contributed by atoms with E-state index in [1.165, 1.54) is 11.7 Å². The molecule has 0 aliphatic carbocycles. The maximum atomic E-state index is 8.68. The highest BCUT2D eigenvalue weighted by Gasteiger charge is 2.23. The monoisotopic (exact) mass is 278 g/mol. The van der Waals surface area contributed by atoms with Gasteiger partial charge in [-0.2, -0.15) is 5.26 Å². The molecule has 0 unspecified atom stereocenters. The molecule has 0 radical (unpaired) electrons. The molecule has 0 saturated carbocycles. The number of aliphatic imine (C=N–C) groups is 1. The number of rotatable bonds is 4. The van der Waals surface area contributed by atoms with E-state index in [-0.39, 0.29) is 6.92 Å². The van der Waals surface area contributed by atoms with Crippen molar-refractivity contribution >= 4 is 18.3 Å². The van der Waals surface area contributed by atoms with Crippen molar-refractivity contribution in [3.63, 3.8) is 0 Å². The normalized spacial score (nSPS) is 13.9. The van der Waals surface area contributed by atoms with Crippen molar-refractivity contribution in [1.29, 1.82) is 5.26 Å². The number of allylic oxidation sites excluding steroid dienone is 2. The molecule has 2 rings (SSSR count). The summed E-state index contributed by atoms with van der Waals surface area (Å²) in [5, 5.41) is 8.68. The topological polar surface area (TPSA) is 54.6 Å². The van der Waals surface area contributed by atoms with Crippen molar-refractivity contribution in [2.45, 2.75) is 13.4 Å². The summed E-state index contributed by atoms with van der Waals surface area (Å²) < 4.78 is 11.3. The molecule has 0 atom stereocenters. The SMILES string of the molecule is C=CN=C(/C=C\C(=C)C#N)Oc1ccc2c(c1)COB2C. The number of hydrogen-bond acceptors (Lipinski definition) is 4. The van der Waals surface area contributed by atoms with Crippen molar-refractivity contribution < 1.29 is 9.39 Å². The molecule has 1 aromatic carbocycles. The van der Waals surface area contributed by atoms with Crippen LogP contribution in [0.2, 0.25) is 6.82 Å². The molecule has 0 amide bonds.